The first-order valence-corrected chi connectivity index (χ1v) is 7.79. The zero-order valence-electron chi connectivity index (χ0n) is 13.0. The lowest BCUT2D eigenvalue weighted by molar-refractivity contribution is -0.122. The second-order valence-corrected chi connectivity index (χ2v) is 5.77. The Bertz CT molecular complexity index is 430. The molecule has 4 nitrogen and oxygen atoms in total. The molecule has 0 unspecified atom stereocenters. The lowest BCUT2D eigenvalue weighted by atomic mass is 10.1. The van der Waals surface area contributed by atoms with Crippen LogP contribution >= 0.6 is 0 Å². The normalized spacial score (nSPS) is 17.7. The molecule has 1 N–H and O–H groups in total. The highest BCUT2D eigenvalue weighted by Crippen LogP contribution is 2.14. The quantitative estimate of drug-likeness (QED) is 0.874. The van der Waals surface area contributed by atoms with Crippen molar-refractivity contribution in [2.45, 2.75) is 38.3 Å². The van der Waals surface area contributed by atoms with Crippen LogP contribution in [-0.4, -0.2) is 43.7 Å². The Morgan fingerprint density at radius 2 is 2.00 bits per heavy atom. The van der Waals surface area contributed by atoms with Gasteiger partial charge in [-0.3, -0.25) is 4.79 Å². The van der Waals surface area contributed by atoms with Crippen molar-refractivity contribution in [1.29, 1.82) is 0 Å². The molecule has 1 heterocycles. The highest BCUT2D eigenvalue weighted by atomic mass is 16.5. The first kappa shape index (κ1) is 16.0. The standard InChI is InChI=1S/C17H26N2O2/c1-14(15-6-4-3-5-7-15)18-17(20)8-11-19(2)16-9-12-21-13-10-16/h3-7,14,16H,8-13H2,1-2H3,(H,18,20)/t14-/m0/s1. The van der Waals surface area contributed by atoms with Crippen LogP contribution in [0.5, 0.6) is 0 Å². The third-order valence-corrected chi connectivity index (χ3v) is 4.18. The van der Waals surface area contributed by atoms with E-state index in [4.69, 9.17) is 4.74 Å². The van der Waals surface area contributed by atoms with Crippen LogP contribution in [0.15, 0.2) is 30.3 Å². The van der Waals surface area contributed by atoms with Crippen LogP contribution in [0.3, 0.4) is 0 Å². The monoisotopic (exact) mass is 290 g/mol. The van der Waals surface area contributed by atoms with Gasteiger partial charge in [0.25, 0.3) is 0 Å². The van der Waals surface area contributed by atoms with Gasteiger partial charge in [0.1, 0.15) is 0 Å². The van der Waals surface area contributed by atoms with Crippen molar-refractivity contribution in [1.82, 2.24) is 10.2 Å². The number of rotatable bonds is 6. The number of hydrogen-bond acceptors (Lipinski definition) is 3. The van der Waals surface area contributed by atoms with Crippen LogP contribution in [0.1, 0.15) is 37.8 Å². The number of carbonyl (C=O) groups is 1. The van der Waals surface area contributed by atoms with Crippen molar-refractivity contribution in [2.24, 2.45) is 0 Å². The number of hydrogen-bond donors (Lipinski definition) is 1. The topological polar surface area (TPSA) is 41.6 Å². The summed E-state index contributed by atoms with van der Waals surface area (Å²) in [6.07, 6.45) is 2.68. The van der Waals surface area contributed by atoms with E-state index in [0.717, 1.165) is 38.2 Å². The predicted octanol–water partition coefficient (Wildman–Crippen LogP) is 2.36. The average Bonchev–Trinajstić information content (AvgIpc) is 2.54. The molecule has 0 bridgehead atoms. The molecule has 0 aromatic heterocycles. The first-order valence-electron chi connectivity index (χ1n) is 7.79. The minimum Gasteiger partial charge on any atom is -0.381 e. The van der Waals surface area contributed by atoms with E-state index in [1.165, 1.54) is 0 Å². The molecule has 21 heavy (non-hydrogen) atoms. The maximum absolute atomic E-state index is 12.1. The number of benzene rings is 1. The van der Waals surface area contributed by atoms with Gasteiger partial charge in [-0.15, -0.1) is 0 Å². The van der Waals surface area contributed by atoms with Gasteiger partial charge in [-0.25, -0.2) is 0 Å². The molecule has 116 valence electrons. The molecule has 4 heteroatoms. The minimum atomic E-state index is 0.0621. The van der Waals surface area contributed by atoms with Crippen LogP contribution in [0.25, 0.3) is 0 Å². The van der Waals surface area contributed by atoms with Crippen molar-refractivity contribution in [3.8, 4) is 0 Å². The molecule has 1 amide bonds. The van der Waals surface area contributed by atoms with E-state index in [1.807, 2.05) is 37.3 Å². The fourth-order valence-corrected chi connectivity index (χ4v) is 2.73. The fraction of sp³-hybridized carbons (Fsp3) is 0.588. The van der Waals surface area contributed by atoms with E-state index in [2.05, 4.69) is 17.3 Å². The van der Waals surface area contributed by atoms with Crippen LogP contribution in [0.2, 0.25) is 0 Å². The Balaban J connectivity index is 1.71. The van der Waals surface area contributed by atoms with Crippen molar-refractivity contribution >= 4 is 5.91 Å². The van der Waals surface area contributed by atoms with E-state index in [9.17, 15) is 4.79 Å². The smallest absolute Gasteiger partial charge is 0.221 e. The number of amides is 1. The molecule has 0 radical (unpaired) electrons. The van der Waals surface area contributed by atoms with Gasteiger partial charge in [-0.1, -0.05) is 30.3 Å². The highest BCUT2D eigenvalue weighted by molar-refractivity contribution is 5.76. The minimum absolute atomic E-state index is 0.0621. The Hall–Kier alpha value is -1.39. The molecule has 1 aliphatic rings. The summed E-state index contributed by atoms with van der Waals surface area (Å²) in [5.74, 6) is 0.116. The van der Waals surface area contributed by atoms with Gasteiger partial charge in [0, 0.05) is 32.2 Å². The number of carbonyl (C=O) groups excluding carboxylic acids is 1. The largest absolute Gasteiger partial charge is 0.381 e. The van der Waals surface area contributed by atoms with Crippen LogP contribution in [0.4, 0.5) is 0 Å². The SMILES string of the molecule is C[C@H](NC(=O)CCN(C)C1CCOCC1)c1ccccc1. The van der Waals surface area contributed by atoms with Crippen LogP contribution in [0, 0.1) is 0 Å². The van der Waals surface area contributed by atoms with Gasteiger partial charge >= 0.3 is 0 Å². The molecule has 1 aliphatic heterocycles. The molecule has 1 fully saturated rings. The van der Waals surface area contributed by atoms with Crippen molar-refractivity contribution < 1.29 is 9.53 Å². The van der Waals surface area contributed by atoms with Crippen molar-refractivity contribution in [3.63, 3.8) is 0 Å². The van der Waals surface area contributed by atoms with Crippen molar-refractivity contribution in [3.05, 3.63) is 35.9 Å². The molecule has 0 aliphatic carbocycles. The second-order valence-electron chi connectivity index (χ2n) is 5.77. The van der Waals surface area contributed by atoms with Crippen LogP contribution < -0.4 is 5.32 Å². The summed E-state index contributed by atoms with van der Waals surface area (Å²) in [7, 11) is 2.10. The van der Waals surface area contributed by atoms with Gasteiger partial charge in [0.05, 0.1) is 6.04 Å². The summed E-state index contributed by atoms with van der Waals surface area (Å²) in [5, 5.41) is 3.06. The van der Waals surface area contributed by atoms with E-state index >= 15 is 0 Å². The first-order chi connectivity index (χ1) is 10.2. The molecular weight excluding hydrogens is 264 g/mol. The summed E-state index contributed by atoms with van der Waals surface area (Å²) in [4.78, 5) is 14.3. The van der Waals surface area contributed by atoms with E-state index < -0.39 is 0 Å². The summed E-state index contributed by atoms with van der Waals surface area (Å²) < 4.78 is 5.37. The van der Waals surface area contributed by atoms with E-state index in [-0.39, 0.29) is 11.9 Å². The molecule has 0 spiro atoms. The highest BCUT2D eigenvalue weighted by Gasteiger charge is 2.19. The summed E-state index contributed by atoms with van der Waals surface area (Å²) in [6.45, 7) is 4.51. The molecular formula is C17H26N2O2. The zero-order chi connectivity index (χ0) is 15.1. The zero-order valence-corrected chi connectivity index (χ0v) is 13.0. The van der Waals surface area contributed by atoms with E-state index in [1.54, 1.807) is 0 Å². The third-order valence-electron chi connectivity index (χ3n) is 4.18. The molecule has 2 rings (SSSR count). The Labute approximate surface area is 127 Å². The fourth-order valence-electron chi connectivity index (χ4n) is 2.73. The van der Waals surface area contributed by atoms with Gasteiger partial charge < -0.3 is 15.0 Å². The predicted molar refractivity (Wildman–Crippen MR) is 84.1 cm³/mol. The Morgan fingerprint density at radius 3 is 2.67 bits per heavy atom. The lowest BCUT2D eigenvalue weighted by Crippen LogP contribution is -2.39. The maximum Gasteiger partial charge on any atom is 0.221 e. The summed E-state index contributed by atoms with van der Waals surface area (Å²) in [6, 6.07) is 10.7. The van der Waals surface area contributed by atoms with Crippen LogP contribution in [-0.2, 0) is 9.53 Å². The maximum atomic E-state index is 12.1. The number of nitrogens with one attached hydrogen (secondary N) is 1. The van der Waals surface area contributed by atoms with E-state index in [0.29, 0.717) is 12.5 Å². The van der Waals surface area contributed by atoms with Gasteiger partial charge in [0.15, 0.2) is 0 Å². The molecule has 1 aromatic carbocycles. The lowest BCUT2D eigenvalue weighted by Gasteiger charge is -2.31. The second kappa shape index (κ2) is 8.15. The molecule has 0 saturated carbocycles. The molecule has 1 saturated heterocycles. The number of nitrogens with zero attached hydrogens (tertiary/aromatic N) is 1. The van der Waals surface area contributed by atoms with Gasteiger partial charge in [-0.2, -0.15) is 0 Å². The Kier molecular flexibility index (Phi) is 6.21. The van der Waals surface area contributed by atoms with Crippen molar-refractivity contribution in [2.75, 3.05) is 26.8 Å². The summed E-state index contributed by atoms with van der Waals surface area (Å²) in [5.41, 5.74) is 1.14. The third kappa shape index (κ3) is 5.14. The Morgan fingerprint density at radius 1 is 1.33 bits per heavy atom. The van der Waals surface area contributed by atoms with Gasteiger partial charge in [-0.05, 0) is 32.4 Å². The molecule has 1 atom stereocenters. The molecule has 1 aromatic rings. The summed E-state index contributed by atoms with van der Waals surface area (Å²) >= 11 is 0. The average molecular weight is 290 g/mol. The van der Waals surface area contributed by atoms with Gasteiger partial charge in [0.2, 0.25) is 5.91 Å². The number of ether oxygens (including phenoxy) is 1.